The topological polar surface area (TPSA) is 68.0 Å². The lowest BCUT2D eigenvalue weighted by atomic mass is 9.88. The molecule has 0 aliphatic heterocycles. The Morgan fingerprint density at radius 3 is 2.73 bits per heavy atom. The predicted molar refractivity (Wildman–Crippen MR) is 60.6 cm³/mol. The minimum atomic E-state index is -0.228. The molecule has 1 aromatic heterocycles. The van der Waals surface area contributed by atoms with Crippen LogP contribution in [-0.2, 0) is 10.2 Å². The molecule has 0 fully saturated rings. The van der Waals surface area contributed by atoms with Crippen molar-refractivity contribution in [1.82, 2.24) is 4.98 Å². The summed E-state index contributed by atoms with van der Waals surface area (Å²) in [5.41, 5.74) is 6.38. The fourth-order valence-electron chi connectivity index (χ4n) is 1.16. The highest BCUT2D eigenvalue weighted by Gasteiger charge is 2.14. The zero-order valence-corrected chi connectivity index (χ0v) is 9.37. The summed E-state index contributed by atoms with van der Waals surface area (Å²) < 4.78 is 0. The van der Waals surface area contributed by atoms with Crippen LogP contribution in [0.15, 0.2) is 18.3 Å². The van der Waals surface area contributed by atoms with E-state index >= 15 is 0 Å². The molecular formula is C11H17N3O. The summed E-state index contributed by atoms with van der Waals surface area (Å²) in [5.74, 6) is 0.325. The van der Waals surface area contributed by atoms with Gasteiger partial charge >= 0.3 is 0 Å². The number of carbonyl (C=O) groups excluding carboxylic acids is 1. The number of nitrogens with zero attached hydrogens (tertiary/aromatic N) is 1. The van der Waals surface area contributed by atoms with Crippen LogP contribution in [0.2, 0.25) is 0 Å². The van der Waals surface area contributed by atoms with Crippen molar-refractivity contribution in [1.29, 1.82) is 0 Å². The van der Waals surface area contributed by atoms with Crippen molar-refractivity contribution in [2.45, 2.75) is 26.2 Å². The number of hydrogen-bond donors (Lipinski definition) is 2. The van der Waals surface area contributed by atoms with Gasteiger partial charge in [-0.2, -0.15) is 0 Å². The first-order valence-corrected chi connectivity index (χ1v) is 4.90. The van der Waals surface area contributed by atoms with Gasteiger partial charge in [-0.15, -0.1) is 0 Å². The third-order valence-electron chi connectivity index (χ3n) is 2.08. The van der Waals surface area contributed by atoms with E-state index in [9.17, 15) is 4.79 Å². The SMILES string of the molecule is CC(C)(C)c1ccnc(NC(=O)CN)c1. The lowest BCUT2D eigenvalue weighted by Crippen LogP contribution is -2.22. The summed E-state index contributed by atoms with van der Waals surface area (Å²) in [4.78, 5) is 15.1. The maximum absolute atomic E-state index is 11.1. The van der Waals surface area contributed by atoms with Crippen LogP contribution in [0.1, 0.15) is 26.3 Å². The number of nitrogens with two attached hydrogens (primary N) is 1. The van der Waals surface area contributed by atoms with Crippen molar-refractivity contribution in [3.8, 4) is 0 Å². The molecule has 3 N–H and O–H groups in total. The standard InChI is InChI=1S/C11H17N3O/c1-11(2,3)8-4-5-13-9(6-8)14-10(15)7-12/h4-6H,7,12H2,1-3H3,(H,13,14,15). The highest BCUT2D eigenvalue weighted by atomic mass is 16.1. The van der Waals surface area contributed by atoms with Crippen molar-refractivity contribution in [3.05, 3.63) is 23.9 Å². The second-order valence-corrected chi connectivity index (χ2v) is 4.43. The molecule has 0 unspecified atom stereocenters. The average molecular weight is 207 g/mol. The smallest absolute Gasteiger partial charge is 0.239 e. The van der Waals surface area contributed by atoms with Gasteiger partial charge in [0.05, 0.1) is 6.54 Å². The second-order valence-electron chi connectivity index (χ2n) is 4.43. The van der Waals surface area contributed by atoms with Crippen LogP contribution < -0.4 is 11.1 Å². The molecule has 0 saturated carbocycles. The molecule has 4 nitrogen and oxygen atoms in total. The van der Waals surface area contributed by atoms with Crippen molar-refractivity contribution in [2.24, 2.45) is 5.73 Å². The molecule has 0 saturated heterocycles. The largest absolute Gasteiger partial charge is 0.322 e. The van der Waals surface area contributed by atoms with Crippen LogP contribution in [0.25, 0.3) is 0 Å². The van der Waals surface area contributed by atoms with Crippen LogP contribution in [0, 0.1) is 0 Å². The van der Waals surface area contributed by atoms with Crippen molar-refractivity contribution >= 4 is 11.7 Å². The number of rotatable bonds is 2. The Bertz CT molecular complexity index is 355. The fourth-order valence-corrected chi connectivity index (χ4v) is 1.16. The Hall–Kier alpha value is -1.42. The van der Waals surface area contributed by atoms with E-state index in [4.69, 9.17) is 5.73 Å². The van der Waals surface area contributed by atoms with Gasteiger partial charge < -0.3 is 11.1 Å². The molecule has 4 heteroatoms. The Morgan fingerprint density at radius 2 is 2.20 bits per heavy atom. The van der Waals surface area contributed by atoms with E-state index in [0.29, 0.717) is 5.82 Å². The molecular weight excluding hydrogens is 190 g/mol. The van der Waals surface area contributed by atoms with E-state index < -0.39 is 0 Å². The molecule has 0 bridgehead atoms. The molecule has 0 atom stereocenters. The molecule has 0 radical (unpaired) electrons. The molecule has 0 aliphatic carbocycles. The van der Waals surface area contributed by atoms with Gasteiger partial charge in [0.1, 0.15) is 5.82 Å². The first kappa shape index (κ1) is 11.7. The van der Waals surface area contributed by atoms with Gasteiger partial charge in [0.2, 0.25) is 5.91 Å². The van der Waals surface area contributed by atoms with Crippen LogP contribution in [0.5, 0.6) is 0 Å². The minimum Gasteiger partial charge on any atom is -0.322 e. The maximum atomic E-state index is 11.1. The number of anilines is 1. The highest BCUT2D eigenvalue weighted by Crippen LogP contribution is 2.23. The lowest BCUT2D eigenvalue weighted by Gasteiger charge is -2.19. The molecule has 1 amide bonds. The summed E-state index contributed by atoms with van der Waals surface area (Å²) in [6, 6.07) is 3.81. The minimum absolute atomic E-state index is 0.0264. The molecule has 1 heterocycles. The normalized spacial score (nSPS) is 11.2. The van der Waals surface area contributed by atoms with E-state index in [1.165, 1.54) is 0 Å². The van der Waals surface area contributed by atoms with Crippen LogP contribution in [0.3, 0.4) is 0 Å². The summed E-state index contributed by atoms with van der Waals surface area (Å²) >= 11 is 0. The van der Waals surface area contributed by atoms with E-state index in [1.54, 1.807) is 6.20 Å². The quantitative estimate of drug-likeness (QED) is 0.767. The molecule has 0 aromatic carbocycles. The molecule has 0 aliphatic rings. The number of pyridine rings is 1. The number of carbonyl (C=O) groups is 1. The van der Waals surface area contributed by atoms with Gasteiger partial charge in [0.15, 0.2) is 0 Å². The first-order valence-electron chi connectivity index (χ1n) is 4.90. The van der Waals surface area contributed by atoms with E-state index in [1.807, 2.05) is 12.1 Å². The zero-order valence-electron chi connectivity index (χ0n) is 9.37. The first-order chi connectivity index (χ1) is 6.93. The lowest BCUT2D eigenvalue weighted by molar-refractivity contribution is -0.114. The second kappa shape index (κ2) is 4.40. The fraction of sp³-hybridized carbons (Fsp3) is 0.455. The van der Waals surface area contributed by atoms with Gasteiger partial charge in [-0.3, -0.25) is 4.79 Å². The monoisotopic (exact) mass is 207 g/mol. The molecule has 0 spiro atoms. The van der Waals surface area contributed by atoms with Crippen molar-refractivity contribution < 1.29 is 4.79 Å². The third kappa shape index (κ3) is 3.32. The van der Waals surface area contributed by atoms with Crippen LogP contribution in [-0.4, -0.2) is 17.4 Å². The molecule has 15 heavy (non-hydrogen) atoms. The van der Waals surface area contributed by atoms with E-state index in [-0.39, 0.29) is 17.9 Å². The Balaban J connectivity index is 2.88. The van der Waals surface area contributed by atoms with Crippen molar-refractivity contribution in [2.75, 3.05) is 11.9 Å². The molecule has 1 rings (SSSR count). The van der Waals surface area contributed by atoms with Gasteiger partial charge in [-0.25, -0.2) is 4.98 Å². The maximum Gasteiger partial charge on any atom is 0.239 e. The summed E-state index contributed by atoms with van der Waals surface area (Å²) in [5, 5.41) is 2.63. The van der Waals surface area contributed by atoms with Crippen LogP contribution >= 0.6 is 0 Å². The number of aromatic nitrogens is 1. The van der Waals surface area contributed by atoms with Gasteiger partial charge in [-0.05, 0) is 23.1 Å². The average Bonchev–Trinajstić information content (AvgIpc) is 2.17. The predicted octanol–water partition coefficient (Wildman–Crippen LogP) is 1.28. The summed E-state index contributed by atoms with van der Waals surface area (Å²) in [6.07, 6.45) is 1.69. The number of hydrogen-bond acceptors (Lipinski definition) is 3. The summed E-state index contributed by atoms with van der Waals surface area (Å²) in [6.45, 7) is 6.30. The van der Waals surface area contributed by atoms with Gasteiger partial charge in [0.25, 0.3) is 0 Å². The Morgan fingerprint density at radius 1 is 1.53 bits per heavy atom. The van der Waals surface area contributed by atoms with Crippen LogP contribution in [0.4, 0.5) is 5.82 Å². The molecule has 82 valence electrons. The van der Waals surface area contributed by atoms with E-state index in [0.717, 1.165) is 5.56 Å². The Labute approximate surface area is 89.9 Å². The van der Waals surface area contributed by atoms with Crippen molar-refractivity contribution in [3.63, 3.8) is 0 Å². The Kier molecular flexibility index (Phi) is 3.42. The van der Waals surface area contributed by atoms with Gasteiger partial charge in [-0.1, -0.05) is 20.8 Å². The van der Waals surface area contributed by atoms with Gasteiger partial charge in [0, 0.05) is 6.20 Å². The zero-order chi connectivity index (χ0) is 11.5. The highest BCUT2D eigenvalue weighted by molar-refractivity contribution is 5.91. The summed E-state index contributed by atoms with van der Waals surface area (Å²) in [7, 11) is 0. The van der Waals surface area contributed by atoms with E-state index in [2.05, 4.69) is 31.1 Å². The molecule has 1 aromatic rings. The number of nitrogens with one attached hydrogen (secondary N) is 1. The third-order valence-corrected chi connectivity index (χ3v) is 2.08. The number of amides is 1.